The van der Waals surface area contributed by atoms with Crippen molar-refractivity contribution in [3.8, 4) is 0 Å². The van der Waals surface area contributed by atoms with E-state index in [2.05, 4.69) is 33.4 Å². The first-order chi connectivity index (χ1) is 12.6. The van der Waals surface area contributed by atoms with E-state index >= 15 is 0 Å². The van der Waals surface area contributed by atoms with Crippen LogP contribution < -0.4 is 0 Å². The lowest BCUT2D eigenvalue weighted by atomic mass is 10.1. The maximum Gasteiger partial charge on any atom is 0.224 e. The molecule has 3 heterocycles. The van der Waals surface area contributed by atoms with Crippen molar-refractivity contribution in [1.29, 1.82) is 0 Å². The van der Waals surface area contributed by atoms with Crippen molar-refractivity contribution in [2.24, 2.45) is 0 Å². The van der Waals surface area contributed by atoms with E-state index in [1.165, 1.54) is 0 Å². The van der Waals surface area contributed by atoms with Crippen LogP contribution in [0.25, 0.3) is 0 Å². The van der Waals surface area contributed by atoms with Crippen LogP contribution >= 0.6 is 0 Å². The molecule has 26 heavy (non-hydrogen) atoms. The molecule has 1 amide bonds. The zero-order valence-corrected chi connectivity index (χ0v) is 15.5. The monoisotopic (exact) mass is 357 g/mol. The minimum atomic E-state index is 0.0714. The molecular weight excluding hydrogens is 330 g/mol. The van der Waals surface area contributed by atoms with Gasteiger partial charge in [0.05, 0.1) is 12.7 Å². The van der Waals surface area contributed by atoms with Gasteiger partial charge in [0.1, 0.15) is 12.2 Å². The number of amides is 1. The lowest BCUT2D eigenvalue weighted by Gasteiger charge is -2.33. The Labute approximate surface area is 154 Å². The number of carbonyl (C=O) groups excluding carboxylic acids is 1. The summed E-state index contributed by atoms with van der Waals surface area (Å²) in [5.41, 5.74) is 1.01. The van der Waals surface area contributed by atoms with E-state index in [9.17, 15) is 4.79 Å². The number of carbonyl (C=O) groups is 1. The van der Waals surface area contributed by atoms with Gasteiger partial charge in [-0.2, -0.15) is 0 Å². The van der Waals surface area contributed by atoms with E-state index in [1.807, 2.05) is 17.2 Å². The third kappa shape index (κ3) is 4.88. The molecule has 2 aromatic heterocycles. The van der Waals surface area contributed by atoms with Gasteiger partial charge in [-0.15, -0.1) is 0 Å². The normalized spacial score (nSPS) is 17.7. The lowest BCUT2D eigenvalue weighted by Crippen LogP contribution is -2.46. The number of aryl methyl sites for hydroxylation is 2. The second-order valence-corrected chi connectivity index (χ2v) is 6.96. The number of hydrogen-bond donors (Lipinski definition) is 0. The highest BCUT2D eigenvalue weighted by Gasteiger charge is 2.24. The molecule has 0 bridgehead atoms. The summed E-state index contributed by atoms with van der Waals surface area (Å²) in [6.07, 6.45) is 9.33. The molecule has 0 spiro atoms. The van der Waals surface area contributed by atoms with E-state index in [4.69, 9.17) is 4.74 Å². The van der Waals surface area contributed by atoms with Crippen molar-refractivity contribution in [3.63, 3.8) is 0 Å². The minimum absolute atomic E-state index is 0.0714. The van der Waals surface area contributed by atoms with Crippen molar-refractivity contribution in [3.05, 3.63) is 42.5 Å². The second kappa shape index (κ2) is 8.89. The van der Waals surface area contributed by atoms with Crippen molar-refractivity contribution in [2.45, 2.75) is 51.7 Å². The van der Waals surface area contributed by atoms with Crippen LogP contribution in [0.4, 0.5) is 0 Å². The summed E-state index contributed by atoms with van der Waals surface area (Å²) >= 11 is 0. The van der Waals surface area contributed by atoms with Crippen LogP contribution in [-0.2, 0) is 22.5 Å². The summed E-state index contributed by atoms with van der Waals surface area (Å²) in [4.78, 5) is 27.1. The van der Waals surface area contributed by atoms with Crippen LogP contribution in [0.5, 0.6) is 0 Å². The van der Waals surface area contributed by atoms with E-state index < -0.39 is 0 Å². The van der Waals surface area contributed by atoms with Crippen LogP contribution in [-0.4, -0.2) is 56.1 Å². The average molecular weight is 357 g/mol. The van der Waals surface area contributed by atoms with Gasteiger partial charge < -0.3 is 14.2 Å². The molecule has 1 saturated heterocycles. The smallest absolute Gasteiger partial charge is 0.224 e. The number of nitrogens with zero attached hydrogens (tertiary/aromatic N) is 5. The highest BCUT2D eigenvalue weighted by atomic mass is 16.5. The molecule has 1 atom stereocenters. The molecule has 2 aromatic rings. The Bertz CT molecular complexity index is 701. The predicted octanol–water partition coefficient (Wildman–Crippen LogP) is 2.05. The van der Waals surface area contributed by atoms with Crippen LogP contribution in [0.15, 0.2) is 31.0 Å². The topological polar surface area (TPSA) is 73.1 Å². The minimum Gasteiger partial charge on any atom is -0.375 e. The van der Waals surface area contributed by atoms with Gasteiger partial charge in [-0.1, -0.05) is 13.8 Å². The fourth-order valence-electron chi connectivity index (χ4n) is 3.28. The summed E-state index contributed by atoms with van der Waals surface area (Å²) in [6, 6.07) is 1.92. The quantitative estimate of drug-likeness (QED) is 0.758. The first-order valence-corrected chi connectivity index (χ1v) is 9.28. The SMILES string of the molecule is CC(C)c1nccn1CCC(=O)N1CCOC(CCc2ccncn2)C1. The molecular formula is C19H27N5O2. The van der Waals surface area contributed by atoms with Gasteiger partial charge >= 0.3 is 0 Å². The van der Waals surface area contributed by atoms with Crippen molar-refractivity contribution < 1.29 is 9.53 Å². The number of hydrogen-bond acceptors (Lipinski definition) is 5. The predicted molar refractivity (Wildman–Crippen MR) is 97.6 cm³/mol. The summed E-state index contributed by atoms with van der Waals surface area (Å²) in [6.45, 7) is 6.84. The van der Waals surface area contributed by atoms with Gasteiger partial charge in [-0.25, -0.2) is 15.0 Å². The first-order valence-electron chi connectivity index (χ1n) is 9.28. The molecule has 0 N–H and O–H groups in total. The van der Waals surface area contributed by atoms with Gasteiger partial charge in [0.15, 0.2) is 0 Å². The van der Waals surface area contributed by atoms with Crippen LogP contribution in [0.3, 0.4) is 0 Å². The summed E-state index contributed by atoms with van der Waals surface area (Å²) < 4.78 is 7.91. The van der Waals surface area contributed by atoms with E-state index in [1.54, 1.807) is 18.7 Å². The van der Waals surface area contributed by atoms with Gasteiger partial charge in [-0.3, -0.25) is 4.79 Å². The first kappa shape index (κ1) is 18.5. The molecule has 0 aliphatic carbocycles. The summed E-state index contributed by atoms with van der Waals surface area (Å²) in [7, 11) is 0. The molecule has 0 saturated carbocycles. The van der Waals surface area contributed by atoms with Gasteiger partial charge in [0.25, 0.3) is 0 Å². The molecule has 1 aliphatic rings. The van der Waals surface area contributed by atoms with Gasteiger partial charge in [-0.05, 0) is 18.9 Å². The van der Waals surface area contributed by atoms with Crippen LogP contribution in [0.1, 0.15) is 44.1 Å². The zero-order valence-electron chi connectivity index (χ0n) is 15.5. The molecule has 140 valence electrons. The van der Waals surface area contributed by atoms with E-state index in [0.717, 1.165) is 24.4 Å². The zero-order chi connectivity index (χ0) is 18.4. The Kier molecular flexibility index (Phi) is 6.33. The van der Waals surface area contributed by atoms with Crippen LogP contribution in [0.2, 0.25) is 0 Å². The lowest BCUT2D eigenvalue weighted by molar-refractivity contribution is -0.139. The summed E-state index contributed by atoms with van der Waals surface area (Å²) in [5.74, 6) is 1.57. The summed E-state index contributed by atoms with van der Waals surface area (Å²) in [5, 5.41) is 0. The Morgan fingerprint density at radius 3 is 3.00 bits per heavy atom. The molecule has 7 nitrogen and oxygen atoms in total. The fourth-order valence-corrected chi connectivity index (χ4v) is 3.28. The Morgan fingerprint density at radius 2 is 2.23 bits per heavy atom. The van der Waals surface area contributed by atoms with E-state index in [0.29, 0.717) is 38.6 Å². The molecule has 0 radical (unpaired) electrons. The standard InChI is InChI=1S/C19H27N5O2/c1-15(2)19-21-8-10-23(19)9-6-18(25)24-11-12-26-17(13-24)4-3-16-5-7-20-14-22-16/h5,7-8,10,14-15,17H,3-4,6,9,11-13H2,1-2H3. The number of ether oxygens (including phenoxy) is 1. The Hall–Kier alpha value is -2.28. The molecule has 1 fully saturated rings. The molecule has 7 heteroatoms. The Balaban J connectivity index is 1.47. The molecule has 3 rings (SSSR count). The maximum atomic E-state index is 12.6. The van der Waals surface area contributed by atoms with Crippen molar-refractivity contribution >= 4 is 5.91 Å². The maximum absolute atomic E-state index is 12.6. The third-order valence-electron chi connectivity index (χ3n) is 4.69. The highest BCUT2D eigenvalue weighted by Crippen LogP contribution is 2.15. The van der Waals surface area contributed by atoms with E-state index in [-0.39, 0.29) is 12.0 Å². The fraction of sp³-hybridized carbons (Fsp3) is 0.579. The largest absolute Gasteiger partial charge is 0.375 e. The number of rotatable bonds is 7. The third-order valence-corrected chi connectivity index (χ3v) is 4.69. The van der Waals surface area contributed by atoms with Gasteiger partial charge in [0, 0.05) is 56.3 Å². The van der Waals surface area contributed by atoms with Crippen LogP contribution in [0, 0.1) is 0 Å². The number of aromatic nitrogens is 4. The Morgan fingerprint density at radius 1 is 1.35 bits per heavy atom. The molecule has 1 aliphatic heterocycles. The molecule has 0 aromatic carbocycles. The van der Waals surface area contributed by atoms with Crippen molar-refractivity contribution in [1.82, 2.24) is 24.4 Å². The van der Waals surface area contributed by atoms with Gasteiger partial charge in [0.2, 0.25) is 5.91 Å². The average Bonchev–Trinajstić information content (AvgIpc) is 3.14. The number of imidazole rings is 1. The highest BCUT2D eigenvalue weighted by molar-refractivity contribution is 5.76. The number of morpholine rings is 1. The second-order valence-electron chi connectivity index (χ2n) is 6.96. The molecule has 1 unspecified atom stereocenters. The van der Waals surface area contributed by atoms with Crippen molar-refractivity contribution in [2.75, 3.05) is 19.7 Å².